The van der Waals surface area contributed by atoms with Gasteiger partial charge in [0.15, 0.2) is 6.04 Å². The monoisotopic (exact) mass is 261 g/mol. The molecule has 1 heterocycles. The summed E-state index contributed by atoms with van der Waals surface area (Å²) in [5, 5.41) is 20.2. The molecule has 7 nitrogen and oxygen atoms in total. The summed E-state index contributed by atoms with van der Waals surface area (Å²) in [7, 11) is 0. The molecule has 104 valence electrons. The van der Waals surface area contributed by atoms with E-state index in [-0.39, 0.29) is 0 Å². The Morgan fingerprint density at radius 3 is 2.39 bits per heavy atom. The zero-order valence-corrected chi connectivity index (χ0v) is 10.5. The highest BCUT2D eigenvalue weighted by molar-refractivity contribution is 5.80. The summed E-state index contributed by atoms with van der Waals surface area (Å²) in [4.78, 5) is 22.4. The van der Waals surface area contributed by atoms with Crippen molar-refractivity contribution >= 4 is 12.1 Å². The molecule has 0 spiro atoms. The number of carbonyl (C=O) groups is 2. The number of aliphatic hydroxyl groups excluding tert-OH is 1. The zero-order valence-electron chi connectivity index (χ0n) is 10.5. The molecule has 1 fully saturated rings. The lowest BCUT2D eigenvalue weighted by Gasteiger charge is -2.33. The summed E-state index contributed by atoms with van der Waals surface area (Å²) in [5.41, 5.74) is -0.649. The summed E-state index contributed by atoms with van der Waals surface area (Å²) in [6.45, 7) is 4.06. The third-order valence-electron chi connectivity index (χ3n) is 2.91. The van der Waals surface area contributed by atoms with Gasteiger partial charge in [-0.15, -0.1) is 0 Å². The summed E-state index contributed by atoms with van der Waals surface area (Å²) in [6, 6.07) is -1.37. The first-order valence-electron chi connectivity index (χ1n) is 5.82. The van der Waals surface area contributed by atoms with Crippen molar-refractivity contribution in [3.8, 4) is 0 Å². The third kappa shape index (κ3) is 4.15. The molecule has 0 aromatic carbocycles. The second kappa shape index (κ2) is 6.01. The summed E-state index contributed by atoms with van der Waals surface area (Å²) < 4.78 is 10.4. The maximum atomic E-state index is 11.6. The Morgan fingerprint density at radius 1 is 1.39 bits per heavy atom. The Balaban J connectivity index is 2.52. The van der Waals surface area contributed by atoms with E-state index in [4.69, 9.17) is 14.6 Å². The average Bonchev–Trinajstić information content (AvgIpc) is 2.25. The average molecular weight is 261 g/mol. The summed E-state index contributed by atoms with van der Waals surface area (Å²) in [5.74, 6) is -1.31. The van der Waals surface area contributed by atoms with Gasteiger partial charge >= 0.3 is 12.1 Å². The lowest BCUT2D eigenvalue weighted by molar-refractivity contribution is -0.142. The first-order chi connectivity index (χ1) is 8.34. The highest BCUT2D eigenvalue weighted by Gasteiger charge is 2.33. The molecule has 1 aliphatic heterocycles. The number of ether oxygens (including phenoxy) is 2. The van der Waals surface area contributed by atoms with Crippen molar-refractivity contribution in [1.82, 2.24) is 5.32 Å². The van der Waals surface area contributed by atoms with Crippen LogP contribution in [0.1, 0.15) is 26.7 Å². The van der Waals surface area contributed by atoms with E-state index in [1.54, 1.807) is 6.92 Å². The van der Waals surface area contributed by atoms with Crippen LogP contribution < -0.4 is 5.32 Å². The van der Waals surface area contributed by atoms with E-state index in [1.807, 2.05) is 0 Å². The smallest absolute Gasteiger partial charge is 0.408 e. The van der Waals surface area contributed by atoms with Crippen LogP contribution in [0.5, 0.6) is 0 Å². The highest BCUT2D eigenvalue weighted by Crippen LogP contribution is 2.24. The molecule has 18 heavy (non-hydrogen) atoms. The van der Waals surface area contributed by atoms with Gasteiger partial charge in [0.1, 0.15) is 5.60 Å². The number of carbonyl (C=O) groups excluding carboxylic acids is 1. The Bertz CT molecular complexity index is 311. The van der Waals surface area contributed by atoms with Crippen LogP contribution in [0.4, 0.5) is 4.79 Å². The molecule has 0 bridgehead atoms. The lowest BCUT2D eigenvalue weighted by Crippen LogP contribution is -2.50. The number of rotatable bonds is 4. The van der Waals surface area contributed by atoms with Gasteiger partial charge in [-0.2, -0.15) is 0 Å². The molecule has 0 aromatic heterocycles. The first-order valence-corrected chi connectivity index (χ1v) is 5.82. The molecule has 0 radical (unpaired) electrons. The molecule has 0 saturated carbocycles. The third-order valence-corrected chi connectivity index (χ3v) is 2.91. The van der Waals surface area contributed by atoms with E-state index in [2.05, 4.69) is 5.32 Å². The fraction of sp³-hybridized carbons (Fsp3) is 0.818. The number of hydrogen-bond donors (Lipinski definition) is 3. The molecule has 0 aromatic rings. The largest absolute Gasteiger partial charge is 0.480 e. The minimum atomic E-state index is -1.37. The van der Waals surface area contributed by atoms with E-state index < -0.39 is 29.8 Å². The fourth-order valence-corrected chi connectivity index (χ4v) is 1.67. The Morgan fingerprint density at radius 2 is 1.94 bits per heavy atom. The van der Waals surface area contributed by atoms with Crippen LogP contribution in [0.25, 0.3) is 0 Å². The molecule has 0 unspecified atom stereocenters. The predicted octanol–water partition coefficient (Wildman–Crippen LogP) is 0.116. The van der Waals surface area contributed by atoms with Crippen LogP contribution in [0.15, 0.2) is 0 Å². The van der Waals surface area contributed by atoms with Crippen molar-refractivity contribution in [3.05, 3.63) is 0 Å². The van der Waals surface area contributed by atoms with Crippen LogP contribution in [-0.4, -0.2) is 53.2 Å². The van der Waals surface area contributed by atoms with Gasteiger partial charge in [0, 0.05) is 12.8 Å². The number of hydrogen-bond acceptors (Lipinski definition) is 5. The van der Waals surface area contributed by atoms with Crippen molar-refractivity contribution in [2.24, 2.45) is 0 Å². The first kappa shape index (κ1) is 14.7. The molecule has 3 N–H and O–H groups in total. The maximum absolute atomic E-state index is 11.6. The van der Waals surface area contributed by atoms with Crippen LogP contribution >= 0.6 is 0 Å². The van der Waals surface area contributed by atoms with Gasteiger partial charge in [-0.3, -0.25) is 0 Å². The van der Waals surface area contributed by atoms with Gasteiger partial charge in [-0.05, 0) is 13.8 Å². The molecule has 7 heteroatoms. The lowest BCUT2D eigenvalue weighted by atomic mass is 9.97. The number of alkyl carbamates (subject to hydrolysis) is 1. The highest BCUT2D eigenvalue weighted by atomic mass is 16.6. The minimum Gasteiger partial charge on any atom is -0.480 e. The Kier molecular flexibility index (Phi) is 4.92. The predicted molar refractivity (Wildman–Crippen MR) is 61.2 cm³/mol. The molecule has 1 saturated heterocycles. The number of carboxylic acids is 1. The summed E-state index contributed by atoms with van der Waals surface area (Å²) >= 11 is 0. The van der Waals surface area contributed by atoms with E-state index in [0.717, 1.165) is 0 Å². The van der Waals surface area contributed by atoms with Crippen molar-refractivity contribution in [2.75, 3.05) is 13.2 Å². The topological polar surface area (TPSA) is 105 Å². The number of nitrogens with one attached hydrogen (secondary N) is 1. The molecular weight excluding hydrogens is 242 g/mol. The van der Waals surface area contributed by atoms with E-state index in [9.17, 15) is 14.7 Å². The van der Waals surface area contributed by atoms with Gasteiger partial charge in [0.2, 0.25) is 0 Å². The van der Waals surface area contributed by atoms with Crippen LogP contribution in [0.2, 0.25) is 0 Å². The number of carboxylic acid groups (broad SMARTS) is 1. The molecule has 0 aliphatic carbocycles. The zero-order chi connectivity index (χ0) is 13.8. The van der Waals surface area contributed by atoms with Crippen LogP contribution in [0, 0.1) is 0 Å². The van der Waals surface area contributed by atoms with Crippen molar-refractivity contribution in [2.45, 2.75) is 44.4 Å². The van der Waals surface area contributed by atoms with Crippen molar-refractivity contribution in [1.29, 1.82) is 0 Å². The second-order valence-electron chi connectivity index (χ2n) is 4.65. The fourth-order valence-electron chi connectivity index (χ4n) is 1.67. The SMILES string of the molecule is C[C@H](O)[C@@H](NC(=O)OC1(C)CCOCC1)C(=O)O. The second-order valence-corrected chi connectivity index (χ2v) is 4.65. The van der Waals surface area contributed by atoms with Crippen molar-refractivity contribution in [3.63, 3.8) is 0 Å². The van der Waals surface area contributed by atoms with Crippen LogP contribution in [-0.2, 0) is 14.3 Å². The summed E-state index contributed by atoms with van der Waals surface area (Å²) in [6.07, 6.45) is -0.912. The Hall–Kier alpha value is -1.34. The number of amides is 1. The minimum absolute atomic E-state index is 0.503. The van der Waals surface area contributed by atoms with Gasteiger partial charge in [0.25, 0.3) is 0 Å². The molecule has 2 atom stereocenters. The molecular formula is C11H19NO6. The van der Waals surface area contributed by atoms with Crippen LogP contribution in [0.3, 0.4) is 0 Å². The molecule has 1 amide bonds. The van der Waals surface area contributed by atoms with Gasteiger partial charge in [-0.25, -0.2) is 9.59 Å². The van der Waals surface area contributed by atoms with E-state index in [0.29, 0.717) is 26.1 Å². The standard InChI is InChI=1S/C11H19NO6/c1-7(13)8(9(14)15)12-10(16)18-11(2)3-5-17-6-4-11/h7-8,13H,3-6H2,1-2H3,(H,12,16)(H,14,15)/t7-,8+/m0/s1. The van der Waals surface area contributed by atoms with E-state index >= 15 is 0 Å². The number of aliphatic carboxylic acids is 1. The normalized spacial score (nSPS) is 21.7. The van der Waals surface area contributed by atoms with Gasteiger partial charge in [0.05, 0.1) is 19.3 Å². The van der Waals surface area contributed by atoms with Gasteiger partial charge in [-0.1, -0.05) is 0 Å². The molecule has 1 aliphatic rings. The molecule has 1 rings (SSSR count). The Labute approximate surface area is 105 Å². The van der Waals surface area contributed by atoms with Gasteiger partial charge < -0.3 is 25.0 Å². The maximum Gasteiger partial charge on any atom is 0.408 e. The van der Waals surface area contributed by atoms with Crippen molar-refractivity contribution < 1.29 is 29.3 Å². The van der Waals surface area contributed by atoms with E-state index in [1.165, 1.54) is 6.92 Å². The quantitative estimate of drug-likeness (QED) is 0.663. The number of aliphatic hydroxyl groups is 1.